The molecule has 2 heterocycles. The van der Waals surface area contributed by atoms with Crippen LogP contribution in [0, 0.1) is 6.92 Å². The molecule has 2 aromatic carbocycles. The van der Waals surface area contributed by atoms with Crippen molar-refractivity contribution < 1.29 is 23.1 Å². The van der Waals surface area contributed by atoms with Crippen molar-refractivity contribution in [2.75, 3.05) is 0 Å². The van der Waals surface area contributed by atoms with Gasteiger partial charge in [0.25, 0.3) is 10.0 Å². The molecule has 0 bridgehead atoms. The molecule has 0 aliphatic rings. The van der Waals surface area contributed by atoms with Crippen LogP contribution < -0.4 is 0 Å². The molecule has 4 rings (SSSR count). The minimum absolute atomic E-state index is 0.0564. The summed E-state index contributed by atoms with van der Waals surface area (Å²) in [5, 5.41) is 14.4. The van der Waals surface area contributed by atoms with Crippen molar-refractivity contribution in [2.45, 2.75) is 31.7 Å². The second kappa shape index (κ2) is 7.76. The summed E-state index contributed by atoms with van der Waals surface area (Å²) in [6.07, 6.45) is 1.48. The maximum absolute atomic E-state index is 13.2. The summed E-state index contributed by atoms with van der Waals surface area (Å²) >= 11 is 0. The van der Waals surface area contributed by atoms with Crippen molar-refractivity contribution in [1.29, 1.82) is 0 Å². The molecular weight excluding hydrogens is 430 g/mol. The number of carbonyl (C=O) groups excluding carboxylic acids is 1. The predicted molar refractivity (Wildman–Crippen MR) is 119 cm³/mol. The third-order valence-corrected chi connectivity index (χ3v) is 7.15. The molecule has 0 radical (unpaired) electrons. The second-order valence-electron chi connectivity index (χ2n) is 7.61. The number of carbonyl (C=O) groups is 2. The molecule has 0 aliphatic heterocycles. The summed E-state index contributed by atoms with van der Waals surface area (Å²) in [4.78, 5) is 23.6. The molecule has 164 valence electrons. The van der Waals surface area contributed by atoms with Gasteiger partial charge in [-0.05, 0) is 43.7 Å². The number of hydrogen-bond donors (Lipinski definition) is 1. The van der Waals surface area contributed by atoms with Gasteiger partial charge in [0.15, 0.2) is 5.78 Å². The topological polar surface area (TPSA) is 111 Å². The molecule has 1 unspecified atom stereocenters. The van der Waals surface area contributed by atoms with E-state index >= 15 is 0 Å². The van der Waals surface area contributed by atoms with Crippen molar-refractivity contribution in [2.24, 2.45) is 0 Å². The fourth-order valence-electron chi connectivity index (χ4n) is 3.72. The highest BCUT2D eigenvalue weighted by atomic mass is 32.2. The van der Waals surface area contributed by atoms with Gasteiger partial charge in [-0.3, -0.25) is 9.48 Å². The van der Waals surface area contributed by atoms with Gasteiger partial charge in [0.05, 0.1) is 16.5 Å². The molecule has 0 saturated carbocycles. The number of fused-ring (bicyclic) bond motifs is 1. The Labute approximate surface area is 184 Å². The minimum Gasteiger partial charge on any atom is -0.477 e. The fraction of sp³-hybridized carbons (Fsp3) is 0.174. The lowest BCUT2D eigenvalue weighted by Crippen LogP contribution is -2.16. The molecule has 9 heteroatoms. The van der Waals surface area contributed by atoms with E-state index in [4.69, 9.17) is 0 Å². The Kier molecular flexibility index (Phi) is 5.21. The number of nitrogens with zero attached hydrogens (tertiary/aromatic N) is 3. The molecule has 0 amide bonds. The van der Waals surface area contributed by atoms with E-state index in [2.05, 4.69) is 5.10 Å². The number of hydrogen-bond acceptors (Lipinski definition) is 5. The molecule has 4 aromatic rings. The van der Waals surface area contributed by atoms with E-state index in [-0.39, 0.29) is 22.1 Å². The lowest BCUT2D eigenvalue weighted by Gasteiger charge is -2.16. The second-order valence-corrected chi connectivity index (χ2v) is 9.42. The van der Waals surface area contributed by atoms with Crippen LogP contribution >= 0.6 is 0 Å². The molecule has 2 aromatic heterocycles. The predicted octanol–water partition coefficient (Wildman–Crippen LogP) is 3.89. The summed E-state index contributed by atoms with van der Waals surface area (Å²) in [5.41, 5.74) is 2.04. The zero-order valence-corrected chi connectivity index (χ0v) is 18.5. The molecule has 0 aliphatic carbocycles. The summed E-state index contributed by atoms with van der Waals surface area (Å²) < 4.78 is 28.9. The first-order valence-corrected chi connectivity index (χ1v) is 11.3. The van der Waals surface area contributed by atoms with Crippen LogP contribution in [0.1, 0.15) is 52.0 Å². The maximum atomic E-state index is 13.2. The Morgan fingerprint density at radius 3 is 2.38 bits per heavy atom. The van der Waals surface area contributed by atoms with Crippen LogP contribution in [-0.4, -0.2) is 39.0 Å². The number of aromatic nitrogens is 3. The van der Waals surface area contributed by atoms with Gasteiger partial charge in [0.2, 0.25) is 0 Å². The number of aromatic carboxylic acids is 1. The van der Waals surface area contributed by atoms with E-state index in [9.17, 15) is 23.1 Å². The summed E-state index contributed by atoms with van der Waals surface area (Å²) in [6, 6.07) is 14.2. The van der Waals surface area contributed by atoms with Crippen molar-refractivity contribution in [3.8, 4) is 0 Å². The largest absolute Gasteiger partial charge is 0.477 e. The number of aryl methyl sites for hydroxylation is 1. The van der Waals surface area contributed by atoms with E-state index in [1.165, 1.54) is 27.8 Å². The van der Waals surface area contributed by atoms with Gasteiger partial charge in [0.1, 0.15) is 11.4 Å². The molecule has 0 spiro atoms. The third kappa shape index (κ3) is 3.50. The molecule has 8 nitrogen and oxygen atoms in total. The number of Topliss-reactive ketones (excluding diaryl/α,β-unsaturated/α-hetero) is 1. The highest BCUT2D eigenvalue weighted by Crippen LogP contribution is 2.30. The fourth-order valence-corrected chi connectivity index (χ4v) is 5.06. The molecule has 0 saturated heterocycles. The molecule has 0 fully saturated rings. The number of ketones is 1. The minimum atomic E-state index is -3.82. The van der Waals surface area contributed by atoms with Gasteiger partial charge in [-0.1, -0.05) is 29.8 Å². The van der Waals surface area contributed by atoms with Crippen molar-refractivity contribution in [3.63, 3.8) is 0 Å². The average molecular weight is 452 g/mol. The number of rotatable bonds is 6. The summed E-state index contributed by atoms with van der Waals surface area (Å²) in [7, 11) is -3.82. The van der Waals surface area contributed by atoms with Crippen LogP contribution in [0.5, 0.6) is 0 Å². The molecule has 32 heavy (non-hydrogen) atoms. The van der Waals surface area contributed by atoms with Crippen LogP contribution in [-0.2, 0) is 10.0 Å². The molecular formula is C23H21N3O5S. The number of carboxylic acid groups (broad SMARTS) is 1. The van der Waals surface area contributed by atoms with Crippen LogP contribution in [0.4, 0.5) is 0 Å². The van der Waals surface area contributed by atoms with Crippen LogP contribution in [0.3, 0.4) is 0 Å². The van der Waals surface area contributed by atoms with Crippen molar-refractivity contribution in [3.05, 3.63) is 83.3 Å². The van der Waals surface area contributed by atoms with Crippen molar-refractivity contribution in [1.82, 2.24) is 13.8 Å². The van der Waals surface area contributed by atoms with Gasteiger partial charge in [-0.15, -0.1) is 0 Å². The highest BCUT2D eigenvalue weighted by Gasteiger charge is 2.24. The SMILES string of the molecule is CC(=O)c1cc(C(=O)O)n(C(C)c2cccc3c2ccn3S(=O)(=O)c2ccc(C)cc2)n1. The Balaban J connectivity index is 1.85. The average Bonchev–Trinajstić information content (AvgIpc) is 3.38. The number of benzene rings is 2. The van der Waals surface area contributed by atoms with Crippen LogP contribution in [0.2, 0.25) is 0 Å². The van der Waals surface area contributed by atoms with Gasteiger partial charge >= 0.3 is 5.97 Å². The van der Waals surface area contributed by atoms with E-state index in [1.807, 2.05) is 6.92 Å². The normalized spacial score (nSPS) is 12.7. The Morgan fingerprint density at radius 1 is 1.06 bits per heavy atom. The van der Waals surface area contributed by atoms with Crippen LogP contribution in [0.25, 0.3) is 10.9 Å². The Morgan fingerprint density at radius 2 is 1.75 bits per heavy atom. The van der Waals surface area contributed by atoms with Gasteiger partial charge in [0, 0.05) is 24.6 Å². The zero-order chi connectivity index (χ0) is 23.2. The lowest BCUT2D eigenvalue weighted by molar-refractivity contribution is 0.0681. The number of carboxylic acids is 1. The van der Waals surface area contributed by atoms with E-state index in [0.29, 0.717) is 16.5 Å². The van der Waals surface area contributed by atoms with Gasteiger partial charge < -0.3 is 5.11 Å². The van der Waals surface area contributed by atoms with Crippen LogP contribution in [0.15, 0.2) is 65.7 Å². The smallest absolute Gasteiger partial charge is 0.354 e. The summed E-state index contributed by atoms with van der Waals surface area (Å²) in [5.74, 6) is -1.55. The quantitative estimate of drug-likeness (QED) is 0.445. The Hall–Kier alpha value is -3.72. The van der Waals surface area contributed by atoms with Crippen molar-refractivity contribution >= 4 is 32.7 Å². The van der Waals surface area contributed by atoms with E-state index < -0.39 is 22.0 Å². The van der Waals surface area contributed by atoms with E-state index in [0.717, 1.165) is 5.56 Å². The standard InChI is InChI=1S/C23H21N3O5S/c1-14-7-9-17(10-8-14)32(30,31)25-12-11-19-18(5-4-6-21(19)25)15(2)26-22(23(28)29)13-20(24-26)16(3)27/h4-13,15H,1-3H3,(H,28,29). The highest BCUT2D eigenvalue weighted by molar-refractivity contribution is 7.90. The first-order chi connectivity index (χ1) is 15.1. The third-order valence-electron chi connectivity index (χ3n) is 5.44. The van der Waals surface area contributed by atoms with Gasteiger partial charge in [-0.2, -0.15) is 5.10 Å². The Bertz CT molecular complexity index is 1460. The monoisotopic (exact) mass is 451 g/mol. The summed E-state index contributed by atoms with van der Waals surface area (Å²) in [6.45, 7) is 4.96. The first-order valence-electron chi connectivity index (χ1n) is 9.87. The van der Waals surface area contributed by atoms with E-state index in [1.54, 1.807) is 55.5 Å². The lowest BCUT2D eigenvalue weighted by atomic mass is 10.0. The molecule has 1 N–H and O–H groups in total. The zero-order valence-electron chi connectivity index (χ0n) is 17.7. The maximum Gasteiger partial charge on any atom is 0.354 e. The van der Waals surface area contributed by atoms with Gasteiger partial charge in [-0.25, -0.2) is 17.2 Å². The molecule has 1 atom stereocenters. The first kappa shape index (κ1) is 21.5.